The van der Waals surface area contributed by atoms with Crippen molar-refractivity contribution in [2.45, 2.75) is 18.4 Å². The molecule has 0 N–H and O–H groups in total. The van der Waals surface area contributed by atoms with Crippen LogP contribution in [0.25, 0.3) is 5.69 Å². The molecule has 0 spiro atoms. The van der Waals surface area contributed by atoms with Crippen molar-refractivity contribution in [2.24, 2.45) is 0 Å². The molecule has 1 saturated heterocycles. The van der Waals surface area contributed by atoms with E-state index in [1.807, 2.05) is 51.9 Å². The van der Waals surface area contributed by atoms with E-state index in [2.05, 4.69) is 9.97 Å². The zero-order valence-corrected chi connectivity index (χ0v) is 18.5. The number of imidazole rings is 2. The third-order valence-corrected chi connectivity index (χ3v) is 5.77. The van der Waals surface area contributed by atoms with E-state index in [0.29, 0.717) is 35.4 Å². The Hall–Kier alpha value is -2.84. The first-order valence-electron chi connectivity index (χ1n) is 10.1. The molecule has 9 heteroatoms. The van der Waals surface area contributed by atoms with E-state index in [4.69, 9.17) is 37.4 Å². The summed E-state index contributed by atoms with van der Waals surface area (Å²) in [6, 6.07) is 13.1. The number of hydrogen-bond acceptors (Lipinski definition) is 5. The van der Waals surface area contributed by atoms with Gasteiger partial charge in [-0.2, -0.15) is 0 Å². The van der Waals surface area contributed by atoms with E-state index < -0.39 is 5.79 Å². The molecule has 1 fully saturated rings. The summed E-state index contributed by atoms with van der Waals surface area (Å²) < 4.78 is 22.4. The lowest BCUT2D eigenvalue weighted by molar-refractivity contribution is -0.189. The Balaban J connectivity index is 1.30. The molecule has 1 aliphatic heterocycles. The second kappa shape index (κ2) is 8.96. The van der Waals surface area contributed by atoms with Gasteiger partial charge in [-0.15, -0.1) is 0 Å². The number of benzene rings is 2. The lowest BCUT2D eigenvalue weighted by Crippen LogP contribution is -2.34. The highest BCUT2D eigenvalue weighted by atomic mass is 35.5. The van der Waals surface area contributed by atoms with Crippen LogP contribution in [0, 0.1) is 0 Å². The van der Waals surface area contributed by atoms with Crippen molar-refractivity contribution in [2.75, 3.05) is 13.2 Å². The molecule has 3 heterocycles. The van der Waals surface area contributed by atoms with Crippen LogP contribution in [-0.2, 0) is 21.8 Å². The van der Waals surface area contributed by atoms with Gasteiger partial charge in [0.25, 0.3) is 0 Å². The Bertz CT molecular complexity index is 1170. The van der Waals surface area contributed by atoms with Gasteiger partial charge in [-0.05, 0) is 36.4 Å². The van der Waals surface area contributed by atoms with Gasteiger partial charge in [-0.1, -0.05) is 29.3 Å². The van der Waals surface area contributed by atoms with Gasteiger partial charge in [0.05, 0.1) is 30.8 Å². The highest BCUT2D eigenvalue weighted by Crippen LogP contribution is 2.40. The van der Waals surface area contributed by atoms with Crippen LogP contribution >= 0.6 is 23.2 Å². The molecule has 0 unspecified atom stereocenters. The lowest BCUT2D eigenvalue weighted by atomic mass is 10.1. The highest BCUT2D eigenvalue weighted by molar-refractivity contribution is 6.35. The molecule has 2 aromatic carbocycles. The predicted octanol–water partition coefficient (Wildman–Crippen LogP) is 4.72. The van der Waals surface area contributed by atoms with Crippen molar-refractivity contribution in [1.29, 1.82) is 0 Å². The van der Waals surface area contributed by atoms with Crippen LogP contribution in [0.2, 0.25) is 10.0 Å². The summed E-state index contributed by atoms with van der Waals surface area (Å²) in [5.74, 6) is -0.323. The van der Waals surface area contributed by atoms with Crippen molar-refractivity contribution in [3.63, 3.8) is 0 Å². The molecule has 5 rings (SSSR count). The Morgan fingerprint density at radius 3 is 2.56 bits per heavy atom. The molecule has 4 aromatic rings. The van der Waals surface area contributed by atoms with Crippen LogP contribution in [0.1, 0.15) is 5.56 Å². The van der Waals surface area contributed by atoms with Crippen molar-refractivity contribution in [1.82, 2.24) is 19.1 Å². The largest absolute Gasteiger partial charge is 0.491 e. The second-order valence-electron chi connectivity index (χ2n) is 7.44. The second-order valence-corrected chi connectivity index (χ2v) is 8.28. The summed E-state index contributed by atoms with van der Waals surface area (Å²) in [7, 11) is 0. The van der Waals surface area contributed by atoms with Crippen molar-refractivity contribution in [3.8, 4) is 11.4 Å². The molecule has 164 valence electrons. The average molecular weight is 471 g/mol. The van der Waals surface area contributed by atoms with Gasteiger partial charge in [-0.3, -0.25) is 0 Å². The van der Waals surface area contributed by atoms with Gasteiger partial charge in [0.1, 0.15) is 18.5 Å². The fourth-order valence-corrected chi connectivity index (χ4v) is 4.24. The Labute approximate surface area is 195 Å². The summed E-state index contributed by atoms with van der Waals surface area (Å²) in [4.78, 5) is 8.18. The average Bonchev–Trinajstić information content (AvgIpc) is 3.56. The van der Waals surface area contributed by atoms with Gasteiger partial charge >= 0.3 is 0 Å². The van der Waals surface area contributed by atoms with Crippen LogP contribution in [0.15, 0.2) is 79.9 Å². The molecular weight excluding hydrogens is 451 g/mol. The minimum atomic E-state index is -1.07. The molecule has 0 radical (unpaired) electrons. The van der Waals surface area contributed by atoms with Crippen LogP contribution in [0.4, 0.5) is 0 Å². The van der Waals surface area contributed by atoms with Crippen LogP contribution in [0.5, 0.6) is 5.75 Å². The van der Waals surface area contributed by atoms with Crippen molar-refractivity contribution in [3.05, 3.63) is 95.5 Å². The van der Waals surface area contributed by atoms with Gasteiger partial charge in [0.15, 0.2) is 0 Å². The number of nitrogens with zero attached hydrogens (tertiary/aromatic N) is 4. The van der Waals surface area contributed by atoms with Gasteiger partial charge < -0.3 is 23.3 Å². The summed E-state index contributed by atoms with van der Waals surface area (Å²) in [5.41, 5.74) is 1.72. The number of ether oxygens (including phenoxy) is 3. The maximum absolute atomic E-state index is 6.51. The molecule has 0 saturated carbocycles. The van der Waals surface area contributed by atoms with Gasteiger partial charge in [0.2, 0.25) is 5.79 Å². The molecule has 7 nitrogen and oxygen atoms in total. The molecule has 2 atom stereocenters. The van der Waals surface area contributed by atoms with E-state index in [-0.39, 0.29) is 6.10 Å². The third-order valence-electron chi connectivity index (χ3n) is 5.23. The first kappa shape index (κ1) is 21.0. The van der Waals surface area contributed by atoms with E-state index in [1.54, 1.807) is 37.2 Å². The van der Waals surface area contributed by atoms with Crippen LogP contribution in [-0.4, -0.2) is 38.4 Å². The smallest absolute Gasteiger partial charge is 0.215 e. The maximum Gasteiger partial charge on any atom is 0.215 e. The number of aromatic nitrogens is 4. The zero-order valence-electron chi connectivity index (χ0n) is 17.0. The molecule has 1 aliphatic rings. The van der Waals surface area contributed by atoms with E-state index in [0.717, 1.165) is 11.4 Å². The molecule has 2 aromatic heterocycles. The zero-order chi connectivity index (χ0) is 22.0. The first-order valence-corrected chi connectivity index (χ1v) is 10.8. The highest BCUT2D eigenvalue weighted by Gasteiger charge is 2.45. The first-order chi connectivity index (χ1) is 15.6. The third kappa shape index (κ3) is 4.38. The number of hydrogen-bond donors (Lipinski definition) is 0. The quantitative estimate of drug-likeness (QED) is 0.390. The van der Waals surface area contributed by atoms with Crippen LogP contribution < -0.4 is 4.74 Å². The van der Waals surface area contributed by atoms with E-state index >= 15 is 0 Å². The monoisotopic (exact) mass is 470 g/mol. The van der Waals surface area contributed by atoms with Gasteiger partial charge in [-0.25, -0.2) is 9.97 Å². The van der Waals surface area contributed by atoms with E-state index in [9.17, 15) is 0 Å². The Morgan fingerprint density at radius 2 is 1.84 bits per heavy atom. The molecule has 0 bridgehead atoms. The Morgan fingerprint density at radius 1 is 1.03 bits per heavy atom. The summed E-state index contributed by atoms with van der Waals surface area (Å²) in [6.07, 6.45) is 10.4. The summed E-state index contributed by atoms with van der Waals surface area (Å²) in [6.45, 7) is 1.09. The van der Waals surface area contributed by atoms with Crippen LogP contribution in [0.3, 0.4) is 0 Å². The topological polar surface area (TPSA) is 63.3 Å². The molecule has 0 aliphatic carbocycles. The Kier molecular flexibility index (Phi) is 5.89. The van der Waals surface area contributed by atoms with Crippen molar-refractivity contribution >= 4 is 23.2 Å². The molecular formula is C23H20Cl2N4O3. The summed E-state index contributed by atoms with van der Waals surface area (Å²) in [5, 5.41) is 1.03. The maximum atomic E-state index is 6.51. The van der Waals surface area contributed by atoms with Crippen molar-refractivity contribution < 1.29 is 14.2 Å². The minimum absolute atomic E-state index is 0.279. The van der Waals surface area contributed by atoms with Gasteiger partial charge in [0, 0.05) is 41.1 Å². The van der Waals surface area contributed by atoms with E-state index in [1.165, 1.54) is 0 Å². The standard InChI is InChI=1S/C23H20Cl2N4O3/c24-17-1-6-21(22(25)11-17)23(14-28-9-7-26-15-28)31-13-20(32-23)12-30-19-4-2-18(3-5-19)29-10-8-27-16-29/h1-11,15-16,20H,12-14H2/t20-,23+/m0/s1. The lowest BCUT2D eigenvalue weighted by Gasteiger charge is -2.30. The summed E-state index contributed by atoms with van der Waals surface area (Å²) >= 11 is 12.6. The normalized spacial score (nSPS) is 20.5. The number of halogens is 2. The SMILES string of the molecule is Clc1ccc([C@]2(Cn3ccnc3)OC[C@H](COc3ccc(-n4ccnc4)cc3)O2)c(Cl)c1. The fourth-order valence-electron chi connectivity index (χ4n) is 3.69. The number of rotatable bonds is 7. The predicted molar refractivity (Wildman–Crippen MR) is 120 cm³/mol. The minimum Gasteiger partial charge on any atom is -0.491 e. The molecule has 32 heavy (non-hydrogen) atoms. The fraction of sp³-hybridized carbons (Fsp3) is 0.217. The molecule has 0 amide bonds.